The molecule has 0 radical (unpaired) electrons. The maximum Gasteiger partial charge on any atom is 0.335 e. The Kier molecular flexibility index (Phi) is 5.73. The van der Waals surface area contributed by atoms with Crippen molar-refractivity contribution in [1.29, 1.82) is 0 Å². The average molecular weight is 367 g/mol. The number of thioether (sulfide) groups is 1. The number of hydrogen-bond acceptors (Lipinski definition) is 7. The predicted molar refractivity (Wildman–Crippen MR) is 92.3 cm³/mol. The molecule has 2 rings (SSSR count). The summed E-state index contributed by atoms with van der Waals surface area (Å²) in [5.74, 6) is 1.35. The van der Waals surface area contributed by atoms with Gasteiger partial charge in [0.1, 0.15) is 11.6 Å². The second kappa shape index (κ2) is 7.58. The van der Waals surface area contributed by atoms with Crippen LogP contribution < -0.4 is 10.0 Å². The lowest BCUT2D eigenvalue weighted by atomic mass is 10.2. The Labute approximate surface area is 144 Å². The standard InChI is InChI=1S/C14H17N5O3S2/c1-9-15-10(2)17-13(16-9)18-14(20)19-24(21,22)12-7-5-4-6-11(12)8-23-3/h4-7H,8H2,1-3H3,(H2,15,16,17,18,19,20). The van der Waals surface area contributed by atoms with E-state index in [1.165, 1.54) is 17.8 Å². The molecule has 1 aromatic heterocycles. The smallest absolute Gasteiger partial charge is 0.275 e. The molecule has 0 saturated heterocycles. The zero-order chi connectivity index (χ0) is 17.7. The van der Waals surface area contributed by atoms with E-state index >= 15 is 0 Å². The first-order chi connectivity index (χ1) is 11.3. The number of hydrogen-bond donors (Lipinski definition) is 2. The summed E-state index contributed by atoms with van der Waals surface area (Å²) in [4.78, 5) is 23.9. The summed E-state index contributed by atoms with van der Waals surface area (Å²) in [5, 5.41) is 2.30. The van der Waals surface area contributed by atoms with Gasteiger partial charge in [0.15, 0.2) is 0 Å². The van der Waals surface area contributed by atoms with E-state index in [0.717, 1.165) is 0 Å². The normalized spacial score (nSPS) is 11.1. The summed E-state index contributed by atoms with van der Waals surface area (Å²) in [6.07, 6.45) is 1.87. The number of benzene rings is 1. The molecule has 0 aliphatic heterocycles. The third-order valence-corrected chi connectivity index (χ3v) is 4.90. The van der Waals surface area contributed by atoms with Crippen molar-refractivity contribution in [3.63, 3.8) is 0 Å². The molecule has 0 fully saturated rings. The molecular weight excluding hydrogens is 350 g/mol. The van der Waals surface area contributed by atoms with Crippen LogP contribution in [0.5, 0.6) is 0 Å². The summed E-state index contributed by atoms with van der Waals surface area (Å²) < 4.78 is 26.8. The van der Waals surface area contributed by atoms with E-state index in [-0.39, 0.29) is 10.8 Å². The molecule has 0 atom stereocenters. The van der Waals surface area contributed by atoms with Gasteiger partial charge in [-0.25, -0.2) is 22.9 Å². The first-order valence-corrected chi connectivity index (χ1v) is 9.79. The minimum atomic E-state index is -4.00. The van der Waals surface area contributed by atoms with Gasteiger partial charge < -0.3 is 0 Å². The summed E-state index contributed by atoms with van der Waals surface area (Å²) >= 11 is 1.49. The highest BCUT2D eigenvalue weighted by Gasteiger charge is 2.21. The molecule has 0 saturated carbocycles. The third kappa shape index (κ3) is 4.65. The molecule has 10 heteroatoms. The molecule has 0 aliphatic rings. The minimum Gasteiger partial charge on any atom is -0.275 e. The van der Waals surface area contributed by atoms with Crippen LogP contribution in [0.4, 0.5) is 10.7 Å². The Morgan fingerprint density at radius 2 is 1.75 bits per heavy atom. The number of amides is 2. The lowest BCUT2D eigenvalue weighted by Crippen LogP contribution is -2.35. The van der Waals surface area contributed by atoms with Crippen molar-refractivity contribution >= 4 is 33.8 Å². The molecule has 128 valence electrons. The van der Waals surface area contributed by atoms with Crippen molar-refractivity contribution in [3.05, 3.63) is 41.5 Å². The quantitative estimate of drug-likeness (QED) is 0.829. The van der Waals surface area contributed by atoms with Crippen LogP contribution in [-0.4, -0.2) is 35.7 Å². The number of nitrogens with zero attached hydrogens (tertiary/aromatic N) is 3. The zero-order valence-electron chi connectivity index (χ0n) is 13.4. The number of nitrogens with one attached hydrogen (secondary N) is 2. The van der Waals surface area contributed by atoms with Gasteiger partial charge in [-0.15, -0.1) is 0 Å². The largest absolute Gasteiger partial charge is 0.335 e. The monoisotopic (exact) mass is 367 g/mol. The molecule has 24 heavy (non-hydrogen) atoms. The Hall–Kier alpha value is -2.20. The van der Waals surface area contributed by atoms with Crippen LogP contribution >= 0.6 is 11.8 Å². The van der Waals surface area contributed by atoms with Crippen LogP contribution in [0.25, 0.3) is 0 Å². The number of carbonyl (C=O) groups excluding carboxylic acids is 1. The van der Waals surface area contributed by atoms with Crippen LogP contribution in [-0.2, 0) is 15.8 Å². The Bertz CT molecular complexity index is 835. The van der Waals surface area contributed by atoms with Gasteiger partial charge in [0.05, 0.1) is 4.90 Å². The fraction of sp³-hybridized carbons (Fsp3) is 0.286. The zero-order valence-corrected chi connectivity index (χ0v) is 15.0. The van der Waals surface area contributed by atoms with E-state index in [9.17, 15) is 13.2 Å². The van der Waals surface area contributed by atoms with Crippen LogP contribution in [0.2, 0.25) is 0 Å². The fourth-order valence-electron chi connectivity index (χ4n) is 2.02. The number of anilines is 1. The summed E-state index contributed by atoms with van der Waals surface area (Å²) in [5.41, 5.74) is 0.622. The molecule has 0 spiro atoms. The van der Waals surface area contributed by atoms with Crippen molar-refractivity contribution < 1.29 is 13.2 Å². The van der Waals surface area contributed by atoms with Crippen molar-refractivity contribution in [3.8, 4) is 0 Å². The molecule has 0 bridgehead atoms. The molecule has 2 amide bonds. The maximum atomic E-state index is 12.4. The van der Waals surface area contributed by atoms with Gasteiger partial charge in [-0.1, -0.05) is 18.2 Å². The summed E-state index contributed by atoms with van der Waals surface area (Å²) in [7, 11) is -4.00. The molecule has 1 aromatic carbocycles. The Morgan fingerprint density at radius 1 is 1.12 bits per heavy atom. The third-order valence-electron chi connectivity index (χ3n) is 2.87. The first-order valence-electron chi connectivity index (χ1n) is 6.92. The number of urea groups is 1. The minimum absolute atomic E-state index is 0.00917. The summed E-state index contributed by atoms with van der Waals surface area (Å²) in [6.45, 7) is 3.29. The van der Waals surface area contributed by atoms with Crippen LogP contribution in [0.3, 0.4) is 0 Å². The van der Waals surface area contributed by atoms with Crippen molar-refractivity contribution in [2.75, 3.05) is 11.6 Å². The van der Waals surface area contributed by atoms with Gasteiger partial charge >= 0.3 is 6.03 Å². The SMILES string of the molecule is CSCc1ccccc1S(=O)(=O)NC(=O)Nc1nc(C)nc(C)n1. The van der Waals surface area contributed by atoms with Crippen LogP contribution in [0, 0.1) is 13.8 Å². The highest BCUT2D eigenvalue weighted by atomic mass is 32.2. The van der Waals surface area contributed by atoms with E-state index in [2.05, 4.69) is 20.3 Å². The van der Waals surface area contributed by atoms with Gasteiger partial charge in [-0.3, -0.25) is 5.32 Å². The molecule has 0 unspecified atom stereocenters. The molecule has 0 aliphatic carbocycles. The van der Waals surface area contributed by atoms with E-state index in [1.807, 2.05) is 11.0 Å². The lowest BCUT2D eigenvalue weighted by molar-refractivity contribution is 0.256. The van der Waals surface area contributed by atoms with Crippen LogP contribution in [0.1, 0.15) is 17.2 Å². The van der Waals surface area contributed by atoms with E-state index in [1.54, 1.807) is 32.0 Å². The lowest BCUT2D eigenvalue weighted by Gasteiger charge is -2.11. The average Bonchev–Trinajstić information content (AvgIpc) is 2.46. The van der Waals surface area contributed by atoms with Gasteiger partial charge in [-0.2, -0.15) is 21.7 Å². The number of aromatic nitrogens is 3. The number of rotatable bonds is 5. The van der Waals surface area contributed by atoms with Gasteiger partial charge in [0, 0.05) is 5.75 Å². The molecule has 2 aromatic rings. The predicted octanol–water partition coefficient (Wildman–Crippen LogP) is 1.86. The van der Waals surface area contributed by atoms with E-state index in [4.69, 9.17) is 0 Å². The molecule has 1 heterocycles. The highest BCUT2D eigenvalue weighted by molar-refractivity contribution is 7.97. The summed E-state index contributed by atoms with van der Waals surface area (Å²) in [6, 6.07) is 5.59. The second-order valence-corrected chi connectivity index (χ2v) is 7.37. The molecular formula is C14H17N5O3S2. The number of sulfonamides is 1. The molecule has 2 N–H and O–H groups in total. The Morgan fingerprint density at radius 3 is 2.38 bits per heavy atom. The molecule has 8 nitrogen and oxygen atoms in total. The van der Waals surface area contributed by atoms with E-state index in [0.29, 0.717) is 23.0 Å². The fourth-order valence-corrected chi connectivity index (χ4v) is 3.82. The highest BCUT2D eigenvalue weighted by Crippen LogP contribution is 2.19. The van der Waals surface area contributed by atoms with Crippen molar-refractivity contribution in [2.24, 2.45) is 0 Å². The van der Waals surface area contributed by atoms with Crippen molar-refractivity contribution in [1.82, 2.24) is 19.7 Å². The topological polar surface area (TPSA) is 114 Å². The van der Waals surface area contributed by atoms with Gasteiger partial charge in [-0.05, 0) is 31.7 Å². The van der Waals surface area contributed by atoms with Gasteiger partial charge in [0.2, 0.25) is 5.95 Å². The van der Waals surface area contributed by atoms with E-state index < -0.39 is 16.1 Å². The van der Waals surface area contributed by atoms with Crippen LogP contribution in [0.15, 0.2) is 29.2 Å². The Balaban J connectivity index is 2.18. The first kappa shape index (κ1) is 18.1. The number of aryl methyl sites for hydroxylation is 2. The second-order valence-electron chi connectivity index (χ2n) is 4.85. The maximum absolute atomic E-state index is 12.4. The number of carbonyl (C=O) groups is 1. The van der Waals surface area contributed by atoms with Gasteiger partial charge in [0.25, 0.3) is 10.0 Å². The van der Waals surface area contributed by atoms with Crippen molar-refractivity contribution in [2.45, 2.75) is 24.5 Å².